The number of nitrogens with one attached hydrogen (secondary N) is 1. The second kappa shape index (κ2) is 7.99. The Morgan fingerprint density at radius 3 is 2.79 bits per heavy atom. The largest absolute Gasteiger partial charge is 0.505 e. The normalized spacial score (nSPS) is 23.4. The number of rotatable bonds is 4. The summed E-state index contributed by atoms with van der Waals surface area (Å²) in [6, 6.07) is 3.35. The highest BCUT2D eigenvalue weighted by molar-refractivity contribution is 7.09. The maximum atomic E-state index is 13.5. The first-order chi connectivity index (χ1) is 13.6. The molecule has 2 unspecified atom stereocenters. The smallest absolute Gasteiger partial charge is 0.341 e. The molecule has 0 bridgehead atoms. The number of aromatic nitrogens is 1. The van der Waals surface area contributed by atoms with Gasteiger partial charge in [0.25, 0.3) is 0 Å². The number of aliphatic imine (C=N–C) groups is 1. The topological polar surface area (TPSA) is 74.6 Å². The zero-order valence-corrected chi connectivity index (χ0v) is 16.6. The van der Waals surface area contributed by atoms with Crippen molar-refractivity contribution in [3.8, 4) is 5.75 Å². The number of benzene rings is 1. The van der Waals surface area contributed by atoms with Gasteiger partial charge in [0.1, 0.15) is 5.01 Å². The number of phenolic OH excluding ortho intramolecular Hbond substituents is 1. The Labute approximate surface area is 167 Å². The van der Waals surface area contributed by atoms with E-state index in [4.69, 9.17) is 4.98 Å². The van der Waals surface area contributed by atoms with Gasteiger partial charge in [-0.3, -0.25) is 0 Å². The number of aromatic hydroxyl groups is 1. The summed E-state index contributed by atoms with van der Waals surface area (Å²) in [4.78, 5) is 21.3. The molecule has 2 aliphatic rings. The third-order valence-electron chi connectivity index (χ3n) is 5.74. The van der Waals surface area contributed by atoms with E-state index in [0.29, 0.717) is 17.9 Å². The van der Waals surface area contributed by atoms with E-state index in [2.05, 4.69) is 15.7 Å². The molecule has 1 aliphatic heterocycles. The van der Waals surface area contributed by atoms with Crippen LogP contribution in [0.4, 0.5) is 9.18 Å². The van der Waals surface area contributed by atoms with E-state index < -0.39 is 23.6 Å². The first-order valence-corrected chi connectivity index (χ1v) is 10.8. The van der Waals surface area contributed by atoms with Crippen LogP contribution in [0.2, 0.25) is 0 Å². The van der Waals surface area contributed by atoms with Crippen LogP contribution in [0.5, 0.6) is 5.75 Å². The molecule has 2 heterocycles. The van der Waals surface area contributed by atoms with Gasteiger partial charge in [-0.1, -0.05) is 32.3 Å². The fourth-order valence-electron chi connectivity index (χ4n) is 4.25. The summed E-state index contributed by atoms with van der Waals surface area (Å²) in [5, 5.41) is 15.8. The summed E-state index contributed by atoms with van der Waals surface area (Å²) in [6.07, 6.45) is 6.76. The maximum absolute atomic E-state index is 13.5. The van der Waals surface area contributed by atoms with E-state index in [1.807, 2.05) is 6.92 Å². The van der Waals surface area contributed by atoms with Gasteiger partial charge in [0.15, 0.2) is 11.6 Å². The van der Waals surface area contributed by atoms with E-state index in [9.17, 15) is 14.3 Å². The Morgan fingerprint density at radius 2 is 2.07 bits per heavy atom. The second-order valence-electron chi connectivity index (χ2n) is 7.52. The predicted octanol–water partition coefficient (Wildman–Crippen LogP) is 5.43. The highest BCUT2D eigenvalue weighted by Crippen LogP contribution is 2.40. The van der Waals surface area contributed by atoms with Crippen LogP contribution in [0, 0.1) is 5.82 Å². The molecule has 1 saturated carbocycles. The molecule has 2 amide bonds. The van der Waals surface area contributed by atoms with Crippen molar-refractivity contribution in [1.29, 1.82) is 0 Å². The average molecular weight is 402 g/mol. The zero-order chi connectivity index (χ0) is 19.7. The lowest BCUT2D eigenvalue weighted by Gasteiger charge is -2.31. The van der Waals surface area contributed by atoms with Crippen molar-refractivity contribution in [3.05, 3.63) is 45.7 Å². The highest BCUT2D eigenvalue weighted by atomic mass is 32.1. The maximum Gasteiger partial charge on any atom is 0.341 e. The van der Waals surface area contributed by atoms with Gasteiger partial charge >= 0.3 is 6.03 Å². The van der Waals surface area contributed by atoms with Gasteiger partial charge in [0.05, 0.1) is 17.7 Å². The van der Waals surface area contributed by atoms with Gasteiger partial charge in [-0.05, 0) is 37.0 Å². The van der Waals surface area contributed by atoms with Crippen molar-refractivity contribution < 1.29 is 14.3 Å². The third kappa shape index (κ3) is 3.68. The number of urea groups is 1. The number of hydrogen-bond acceptors (Lipinski definition) is 4. The summed E-state index contributed by atoms with van der Waals surface area (Å²) in [6.45, 7) is 1.97. The van der Waals surface area contributed by atoms with Gasteiger partial charge in [-0.2, -0.15) is 0 Å². The van der Waals surface area contributed by atoms with Crippen molar-refractivity contribution in [2.75, 3.05) is 0 Å². The summed E-state index contributed by atoms with van der Waals surface area (Å²) in [5.41, 5.74) is 2.54. The number of amides is 2. The van der Waals surface area contributed by atoms with E-state index in [1.54, 1.807) is 17.4 Å². The molecule has 1 aromatic carbocycles. The molecular weight excluding hydrogens is 377 g/mol. The first-order valence-electron chi connectivity index (χ1n) is 9.88. The summed E-state index contributed by atoms with van der Waals surface area (Å²) in [5.74, 6) is -0.809. The monoisotopic (exact) mass is 401 g/mol. The first kappa shape index (κ1) is 19.1. The van der Waals surface area contributed by atoms with Crippen LogP contribution < -0.4 is 5.32 Å². The average Bonchev–Trinajstić information content (AvgIpc) is 3.19. The lowest BCUT2D eigenvalue weighted by Crippen LogP contribution is -2.39. The predicted molar refractivity (Wildman–Crippen MR) is 108 cm³/mol. The summed E-state index contributed by atoms with van der Waals surface area (Å²) < 4.78 is 13.5. The van der Waals surface area contributed by atoms with Crippen LogP contribution in [0.1, 0.15) is 79.6 Å². The van der Waals surface area contributed by atoms with Crippen molar-refractivity contribution >= 4 is 23.1 Å². The number of hydrogen-bond donors (Lipinski definition) is 2. The molecule has 5 nitrogen and oxygen atoms in total. The van der Waals surface area contributed by atoms with E-state index in [1.165, 1.54) is 44.2 Å². The van der Waals surface area contributed by atoms with Gasteiger partial charge in [0.2, 0.25) is 0 Å². The molecular formula is C21H24FN3O2S. The number of nitrogens with zero attached hydrogens (tertiary/aromatic N) is 2. The second-order valence-corrected chi connectivity index (χ2v) is 8.41. The minimum atomic E-state index is -0.680. The van der Waals surface area contributed by atoms with Crippen molar-refractivity contribution in [2.24, 2.45) is 4.99 Å². The molecule has 1 aromatic heterocycles. The molecule has 2 N–H and O–H groups in total. The number of halogens is 1. The molecule has 7 heteroatoms. The van der Waals surface area contributed by atoms with Gasteiger partial charge in [-0.25, -0.2) is 19.2 Å². The van der Waals surface area contributed by atoms with Gasteiger partial charge in [0, 0.05) is 17.0 Å². The van der Waals surface area contributed by atoms with Crippen molar-refractivity contribution in [1.82, 2.24) is 10.3 Å². The Balaban J connectivity index is 1.71. The Kier molecular flexibility index (Phi) is 5.44. The van der Waals surface area contributed by atoms with Crippen molar-refractivity contribution in [2.45, 2.75) is 63.3 Å². The van der Waals surface area contributed by atoms with Gasteiger partial charge in [-0.15, -0.1) is 11.3 Å². The van der Waals surface area contributed by atoms with Crippen LogP contribution in [0.15, 0.2) is 28.6 Å². The fourth-order valence-corrected chi connectivity index (χ4v) is 5.32. The Hall–Kier alpha value is -2.28. The number of carbonyl (C=O) groups is 1. The Bertz CT molecular complexity index is 905. The van der Waals surface area contributed by atoms with Gasteiger partial charge < -0.3 is 10.4 Å². The van der Waals surface area contributed by atoms with E-state index >= 15 is 0 Å². The molecule has 1 fully saturated rings. The molecule has 148 valence electrons. The van der Waals surface area contributed by atoms with Crippen molar-refractivity contribution in [3.63, 3.8) is 0 Å². The van der Waals surface area contributed by atoms with E-state index in [-0.39, 0.29) is 5.92 Å². The summed E-state index contributed by atoms with van der Waals surface area (Å²) in [7, 11) is 0. The van der Waals surface area contributed by atoms with Crippen LogP contribution in [0.3, 0.4) is 0 Å². The lowest BCUT2D eigenvalue weighted by atomic mass is 9.86. The van der Waals surface area contributed by atoms with Crippen LogP contribution in [-0.4, -0.2) is 21.8 Å². The highest BCUT2D eigenvalue weighted by Gasteiger charge is 2.36. The molecule has 0 saturated heterocycles. The molecule has 1 aliphatic carbocycles. The summed E-state index contributed by atoms with van der Waals surface area (Å²) >= 11 is 1.60. The molecule has 0 spiro atoms. The number of thiazole rings is 1. The molecule has 2 aromatic rings. The minimum Gasteiger partial charge on any atom is -0.505 e. The standard InChI is InChI=1S/C21H24FN3O2S/c1-2-15-18(20-23-16(11-28-20)12-6-4-3-5-7-12)19(25-21(27)24-15)13-8-9-14(22)17(26)10-13/h8-12,18-19,26H,2-7H2,1H3,(H,25,27). The minimum absolute atomic E-state index is 0.213. The molecule has 2 atom stereocenters. The fraction of sp³-hybridized carbons (Fsp3) is 0.476. The quantitative estimate of drug-likeness (QED) is 0.717. The molecule has 0 radical (unpaired) electrons. The van der Waals surface area contributed by atoms with E-state index in [0.717, 1.165) is 16.4 Å². The molecule has 4 rings (SSSR count). The lowest BCUT2D eigenvalue weighted by molar-refractivity contribution is 0.242. The number of carbonyl (C=O) groups excluding carboxylic acids is 1. The zero-order valence-electron chi connectivity index (χ0n) is 15.8. The van der Waals surface area contributed by atoms with Crippen LogP contribution >= 0.6 is 11.3 Å². The third-order valence-corrected chi connectivity index (χ3v) is 6.68. The SMILES string of the molecule is CCC1=NC(=O)NC(c2ccc(F)c(O)c2)C1c1nc(C2CCCCC2)cs1. The van der Waals surface area contributed by atoms with Crippen LogP contribution in [0.25, 0.3) is 0 Å². The number of phenols is 1. The molecule has 28 heavy (non-hydrogen) atoms. The van der Waals surface area contributed by atoms with Crippen LogP contribution in [-0.2, 0) is 0 Å². The Morgan fingerprint density at radius 1 is 1.29 bits per heavy atom.